The molecule has 0 spiro atoms. The van der Waals surface area contributed by atoms with Gasteiger partial charge in [-0.25, -0.2) is 4.98 Å². The number of ether oxygens (including phenoxy) is 1. The van der Waals surface area contributed by atoms with Crippen molar-refractivity contribution in [3.8, 4) is 16.3 Å². The Hall–Kier alpha value is -1.88. The van der Waals surface area contributed by atoms with Crippen molar-refractivity contribution in [1.82, 2.24) is 4.98 Å². The monoisotopic (exact) mass is 317 g/mol. The highest BCUT2D eigenvalue weighted by Gasteiger charge is 2.30. The van der Waals surface area contributed by atoms with Gasteiger partial charge < -0.3 is 9.84 Å². The van der Waals surface area contributed by atoms with Crippen LogP contribution in [0.3, 0.4) is 0 Å². The first-order chi connectivity index (χ1) is 10.5. The molecule has 1 aromatic carbocycles. The summed E-state index contributed by atoms with van der Waals surface area (Å²) in [6, 6.07) is 7.84. The van der Waals surface area contributed by atoms with Crippen LogP contribution < -0.4 is 4.74 Å². The van der Waals surface area contributed by atoms with Gasteiger partial charge >= 0.3 is 5.97 Å². The number of hydrogen-bond acceptors (Lipinski definition) is 4. The van der Waals surface area contributed by atoms with Crippen LogP contribution in [0.1, 0.15) is 43.2 Å². The van der Waals surface area contributed by atoms with Gasteiger partial charge in [0.2, 0.25) is 0 Å². The Morgan fingerprint density at radius 2 is 2.09 bits per heavy atom. The van der Waals surface area contributed by atoms with Gasteiger partial charge in [0.25, 0.3) is 0 Å². The Labute approximate surface area is 133 Å². The third-order valence-corrected chi connectivity index (χ3v) is 4.91. The molecule has 0 amide bonds. The number of carbonyl (C=O) groups is 1. The highest BCUT2D eigenvalue weighted by Crippen LogP contribution is 2.38. The summed E-state index contributed by atoms with van der Waals surface area (Å²) < 4.78 is 5.64. The normalized spacial score (nSPS) is 17.3. The Bertz CT molecular complexity index is 676. The van der Waals surface area contributed by atoms with E-state index in [1.165, 1.54) is 0 Å². The maximum atomic E-state index is 11.4. The summed E-state index contributed by atoms with van der Waals surface area (Å²) in [4.78, 5) is 17.1. The highest BCUT2D eigenvalue weighted by molar-refractivity contribution is 7.15. The van der Waals surface area contributed by atoms with Crippen LogP contribution in [0, 0.1) is 0 Å². The first kappa shape index (κ1) is 15.0. The van der Waals surface area contributed by atoms with E-state index in [2.05, 4.69) is 4.98 Å². The van der Waals surface area contributed by atoms with E-state index in [1.54, 1.807) is 11.3 Å². The summed E-state index contributed by atoms with van der Waals surface area (Å²) in [6.07, 6.45) is 2.69. The number of nitrogens with zero attached hydrogens (tertiary/aromatic N) is 1. The van der Waals surface area contributed by atoms with Crippen molar-refractivity contribution in [2.24, 2.45) is 0 Å². The fraction of sp³-hybridized carbons (Fsp3) is 0.412. The fourth-order valence-electron chi connectivity index (χ4n) is 2.73. The van der Waals surface area contributed by atoms with Crippen LogP contribution in [0.15, 0.2) is 24.3 Å². The summed E-state index contributed by atoms with van der Waals surface area (Å²) in [5, 5.41) is 10.2. The summed E-state index contributed by atoms with van der Waals surface area (Å²) in [5.41, 5.74) is 1.78. The number of carboxylic acid groups (broad SMARTS) is 1. The van der Waals surface area contributed by atoms with E-state index in [-0.39, 0.29) is 6.10 Å². The minimum Gasteiger partial charge on any atom is -0.491 e. The molecule has 1 heterocycles. The van der Waals surface area contributed by atoms with Gasteiger partial charge in [-0.15, -0.1) is 11.3 Å². The number of carboxylic acids is 1. The summed E-state index contributed by atoms with van der Waals surface area (Å²) >= 11 is 1.61. The van der Waals surface area contributed by atoms with Crippen molar-refractivity contribution < 1.29 is 14.6 Å². The zero-order valence-corrected chi connectivity index (χ0v) is 13.5. The highest BCUT2D eigenvalue weighted by atomic mass is 32.1. The van der Waals surface area contributed by atoms with Crippen LogP contribution in [-0.2, 0) is 11.2 Å². The maximum Gasteiger partial charge on any atom is 0.312 e. The fourth-order valence-corrected chi connectivity index (χ4v) is 3.90. The van der Waals surface area contributed by atoms with Crippen molar-refractivity contribution in [3.05, 3.63) is 34.8 Å². The average molecular weight is 317 g/mol. The molecule has 0 radical (unpaired) electrons. The van der Waals surface area contributed by atoms with Crippen molar-refractivity contribution in [3.63, 3.8) is 0 Å². The molecule has 0 saturated carbocycles. The average Bonchev–Trinajstić information content (AvgIpc) is 2.90. The summed E-state index contributed by atoms with van der Waals surface area (Å²) in [5.74, 6) is -0.376. The molecule has 1 N–H and O–H groups in total. The number of aromatic nitrogens is 1. The second-order valence-electron chi connectivity index (χ2n) is 5.80. The topological polar surface area (TPSA) is 59.4 Å². The summed E-state index contributed by atoms with van der Waals surface area (Å²) in [7, 11) is 0. The molecule has 1 atom stereocenters. The van der Waals surface area contributed by atoms with Crippen molar-refractivity contribution in [1.29, 1.82) is 0 Å². The number of aliphatic carboxylic acids is 1. The molecule has 5 heteroatoms. The standard InChI is InChI=1S/C17H19NO3S/c1-10(2)21-12-8-6-11(7-9-12)16-18-15-13(17(19)20)4-3-5-14(15)22-16/h6-10,13H,3-5H2,1-2H3,(H,19,20). The third-order valence-electron chi connectivity index (χ3n) is 3.73. The lowest BCUT2D eigenvalue weighted by molar-refractivity contribution is -0.139. The third kappa shape index (κ3) is 2.99. The SMILES string of the molecule is CC(C)Oc1ccc(-c2nc3c(s2)CCCC3C(=O)O)cc1. The van der Waals surface area contributed by atoms with E-state index in [0.717, 1.165) is 39.7 Å². The van der Waals surface area contributed by atoms with Crippen LogP contribution in [0.2, 0.25) is 0 Å². The minimum atomic E-state index is -0.765. The molecule has 0 saturated heterocycles. The maximum absolute atomic E-state index is 11.4. The number of aryl methyl sites for hydroxylation is 1. The lowest BCUT2D eigenvalue weighted by atomic mass is 9.91. The van der Waals surface area contributed by atoms with Crippen LogP contribution in [0.5, 0.6) is 5.75 Å². The molecule has 0 bridgehead atoms. The van der Waals surface area contributed by atoms with Gasteiger partial charge in [-0.05, 0) is 57.4 Å². The van der Waals surface area contributed by atoms with Gasteiger partial charge in [0.1, 0.15) is 10.8 Å². The molecule has 2 aromatic rings. The molecule has 1 unspecified atom stereocenters. The van der Waals surface area contributed by atoms with E-state index in [0.29, 0.717) is 6.42 Å². The molecular formula is C17H19NO3S. The molecule has 0 fully saturated rings. The van der Waals surface area contributed by atoms with Crippen LogP contribution >= 0.6 is 11.3 Å². The molecule has 1 aliphatic carbocycles. The molecule has 1 aromatic heterocycles. The largest absolute Gasteiger partial charge is 0.491 e. The quantitative estimate of drug-likeness (QED) is 0.922. The van der Waals surface area contributed by atoms with Crippen molar-refractivity contribution in [2.75, 3.05) is 0 Å². The summed E-state index contributed by atoms with van der Waals surface area (Å²) in [6.45, 7) is 3.99. The lowest BCUT2D eigenvalue weighted by Crippen LogP contribution is -2.17. The van der Waals surface area contributed by atoms with E-state index < -0.39 is 11.9 Å². The van der Waals surface area contributed by atoms with Gasteiger partial charge in [0, 0.05) is 10.4 Å². The second kappa shape index (κ2) is 6.08. The predicted molar refractivity (Wildman–Crippen MR) is 86.6 cm³/mol. The number of benzene rings is 1. The van der Waals surface area contributed by atoms with E-state index in [4.69, 9.17) is 4.74 Å². The zero-order chi connectivity index (χ0) is 15.7. The van der Waals surface area contributed by atoms with Gasteiger partial charge in [0.15, 0.2) is 0 Å². The lowest BCUT2D eigenvalue weighted by Gasteiger charge is -2.16. The minimum absolute atomic E-state index is 0.148. The molecule has 0 aliphatic heterocycles. The van der Waals surface area contributed by atoms with Crippen molar-refractivity contribution in [2.45, 2.75) is 45.1 Å². The number of rotatable bonds is 4. The first-order valence-electron chi connectivity index (χ1n) is 7.54. The Morgan fingerprint density at radius 1 is 1.36 bits per heavy atom. The van der Waals surface area contributed by atoms with Crippen LogP contribution in [0.25, 0.3) is 10.6 Å². The van der Waals surface area contributed by atoms with Gasteiger partial charge in [0.05, 0.1) is 17.7 Å². The molecule has 1 aliphatic rings. The molecule has 3 rings (SSSR count). The number of thiazole rings is 1. The molecule has 4 nitrogen and oxygen atoms in total. The molecule has 116 valence electrons. The van der Waals surface area contributed by atoms with E-state index >= 15 is 0 Å². The van der Waals surface area contributed by atoms with Crippen LogP contribution in [0.4, 0.5) is 0 Å². The second-order valence-corrected chi connectivity index (χ2v) is 6.89. The van der Waals surface area contributed by atoms with Gasteiger partial charge in [-0.1, -0.05) is 0 Å². The van der Waals surface area contributed by atoms with Gasteiger partial charge in [-0.3, -0.25) is 4.79 Å². The first-order valence-corrected chi connectivity index (χ1v) is 8.35. The van der Waals surface area contributed by atoms with E-state index in [1.807, 2.05) is 38.1 Å². The number of hydrogen-bond donors (Lipinski definition) is 1. The van der Waals surface area contributed by atoms with Crippen LogP contribution in [-0.4, -0.2) is 22.2 Å². The Balaban J connectivity index is 1.88. The Kier molecular flexibility index (Phi) is 4.16. The predicted octanol–water partition coefficient (Wildman–Crippen LogP) is 4.10. The van der Waals surface area contributed by atoms with Gasteiger partial charge in [-0.2, -0.15) is 0 Å². The Morgan fingerprint density at radius 3 is 2.73 bits per heavy atom. The zero-order valence-electron chi connectivity index (χ0n) is 12.7. The smallest absolute Gasteiger partial charge is 0.312 e. The number of fused-ring (bicyclic) bond motifs is 1. The van der Waals surface area contributed by atoms with Crippen molar-refractivity contribution >= 4 is 17.3 Å². The van der Waals surface area contributed by atoms with E-state index in [9.17, 15) is 9.90 Å². The molecule has 22 heavy (non-hydrogen) atoms. The molecular weight excluding hydrogens is 298 g/mol.